The van der Waals surface area contributed by atoms with Crippen molar-refractivity contribution in [2.75, 3.05) is 0 Å². The third-order valence-electron chi connectivity index (χ3n) is 2.55. The van der Waals surface area contributed by atoms with Gasteiger partial charge in [-0.2, -0.15) is 0 Å². The second-order valence-electron chi connectivity index (χ2n) is 3.87. The van der Waals surface area contributed by atoms with E-state index < -0.39 is 0 Å². The molecule has 0 aliphatic heterocycles. The smallest absolute Gasteiger partial charge is 0.134 e. The first-order chi connectivity index (χ1) is 7.66. The quantitative estimate of drug-likeness (QED) is 0.883. The minimum Gasteiger partial charge on any atom is -0.353 e. The first-order valence-electron chi connectivity index (χ1n) is 5.30. The van der Waals surface area contributed by atoms with Crippen LogP contribution in [0.5, 0.6) is 0 Å². The summed E-state index contributed by atoms with van der Waals surface area (Å²) in [6.45, 7) is 4.94. The molecule has 0 aliphatic rings. The summed E-state index contributed by atoms with van der Waals surface area (Å²) in [6.07, 6.45) is 2.05. The Morgan fingerprint density at radius 1 is 1.50 bits per heavy atom. The van der Waals surface area contributed by atoms with Crippen LogP contribution in [-0.2, 0) is 13.6 Å². The summed E-state index contributed by atoms with van der Waals surface area (Å²) in [5.74, 6) is 0. The fraction of sp³-hybridized carbons (Fsp3) is 0.455. The highest BCUT2D eigenvalue weighted by atomic mass is 32.1. The molecule has 0 saturated heterocycles. The number of hydrogen-bond donors (Lipinski definition) is 1. The first-order valence-corrected chi connectivity index (χ1v) is 6.12. The van der Waals surface area contributed by atoms with Gasteiger partial charge in [0.05, 0.1) is 6.04 Å². The number of aromatic nitrogens is 3. The lowest BCUT2D eigenvalue weighted by atomic mass is 10.3. The van der Waals surface area contributed by atoms with Gasteiger partial charge in [-0.25, -0.2) is 0 Å². The Kier molecular flexibility index (Phi) is 3.36. The van der Waals surface area contributed by atoms with E-state index in [0.717, 1.165) is 16.6 Å². The third kappa shape index (κ3) is 2.48. The molecule has 0 aromatic carbocycles. The summed E-state index contributed by atoms with van der Waals surface area (Å²) >= 11 is 1.65. The van der Waals surface area contributed by atoms with Crippen LogP contribution in [0.3, 0.4) is 0 Å². The fourth-order valence-corrected chi connectivity index (χ4v) is 2.24. The molecule has 5 heteroatoms. The van der Waals surface area contributed by atoms with Crippen LogP contribution >= 0.6 is 11.3 Å². The molecule has 16 heavy (non-hydrogen) atoms. The van der Waals surface area contributed by atoms with Gasteiger partial charge in [-0.1, -0.05) is 0 Å². The molecule has 2 heterocycles. The summed E-state index contributed by atoms with van der Waals surface area (Å²) in [6, 6.07) is 4.42. The minimum atomic E-state index is 0.251. The van der Waals surface area contributed by atoms with Crippen molar-refractivity contribution in [2.45, 2.75) is 26.4 Å². The fourth-order valence-electron chi connectivity index (χ4n) is 1.51. The van der Waals surface area contributed by atoms with Gasteiger partial charge >= 0.3 is 0 Å². The van der Waals surface area contributed by atoms with Gasteiger partial charge in [0.25, 0.3) is 0 Å². The average Bonchev–Trinajstić information content (AvgIpc) is 2.84. The van der Waals surface area contributed by atoms with E-state index >= 15 is 0 Å². The lowest BCUT2D eigenvalue weighted by Crippen LogP contribution is -2.19. The van der Waals surface area contributed by atoms with E-state index in [9.17, 15) is 0 Å². The number of aryl methyl sites for hydroxylation is 2. The van der Waals surface area contributed by atoms with E-state index in [1.54, 1.807) is 11.3 Å². The van der Waals surface area contributed by atoms with E-state index in [1.165, 1.54) is 5.69 Å². The van der Waals surface area contributed by atoms with Crippen LogP contribution in [0, 0.1) is 6.92 Å². The first kappa shape index (κ1) is 11.3. The van der Waals surface area contributed by atoms with Crippen molar-refractivity contribution in [2.24, 2.45) is 7.05 Å². The van der Waals surface area contributed by atoms with Crippen molar-refractivity contribution in [1.29, 1.82) is 0 Å². The molecule has 86 valence electrons. The number of rotatable bonds is 4. The lowest BCUT2D eigenvalue weighted by molar-refractivity contribution is 0.552. The van der Waals surface area contributed by atoms with Crippen LogP contribution in [0.25, 0.3) is 0 Å². The topological polar surface area (TPSA) is 42.7 Å². The summed E-state index contributed by atoms with van der Waals surface area (Å²) in [5.41, 5.74) is 1.27. The highest BCUT2D eigenvalue weighted by molar-refractivity contribution is 7.11. The highest BCUT2D eigenvalue weighted by Gasteiger charge is 2.10. The van der Waals surface area contributed by atoms with Crippen molar-refractivity contribution in [3.8, 4) is 0 Å². The molecule has 0 saturated carbocycles. The van der Waals surface area contributed by atoms with Gasteiger partial charge in [-0.05, 0) is 26.0 Å². The van der Waals surface area contributed by atoms with Crippen molar-refractivity contribution < 1.29 is 0 Å². The molecule has 0 amide bonds. The monoisotopic (exact) mass is 236 g/mol. The Morgan fingerprint density at radius 2 is 2.31 bits per heavy atom. The summed E-state index contributed by atoms with van der Waals surface area (Å²) in [7, 11) is 2.05. The Hall–Kier alpha value is -1.20. The van der Waals surface area contributed by atoms with E-state index in [-0.39, 0.29) is 6.04 Å². The molecule has 0 bridgehead atoms. The maximum atomic E-state index is 4.14. The van der Waals surface area contributed by atoms with Gasteiger partial charge in [0.15, 0.2) is 0 Å². The van der Waals surface area contributed by atoms with Crippen LogP contribution in [-0.4, -0.2) is 14.8 Å². The van der Waals surface area contributed by atoms with E-state index in [1.807, 2.05) is 6.92 Å². The molecule has 2 aromatic heterocycles. The van der Waals surface area contributed by atoms with Crippen LogP contribution in [0.4, 0.5) is 0 Å². The minimum absolute atomic E-state index is 0.251. The summed E-state index contributed by atoms with van der Waals surface area (Å²) < 4.78 is 2.12. The molecule has 0 spiro atoms. The van der Waals surface area contributed by atoms with Gasteiger partial charge in [-0.3, -0.25) is 0 Å². The standard InChI is InChI=1S/C11H16N4S/c1-8(11-14-13-9(2)16-11)12-7-10-5-4-6-15(10)3/h4-6,8,12H,7H2,1-3H3. The second-order valence-corrected chi connectivity index (χ2v) is 5.09. The number of nitrogens with one attached hydrogen (secondary N) is 1. The zero-order chi connectivity index (χ0) is 11.5. The van der Waals surface area contributed by atoms with Gasteiger partial charge in [0.2, 0.25) is 0 Å². The van der Waals surface area contributed by atoms with E-state index in [4.69, 9.17) is 0 Å². The summed E-state index contributed by atoms with van der Waals surface area (Å²) in [4.78, 5) is 0. The zero-order valence-corrected chi connectivity index (χ0v) is 10.6. The molecular weight excluding hydrogens is 220 g/mol. The van der Waals surface area contributed by atoms with Crippen LogP contribution < -0.4 is 5.32 Å². The SMILES string of the molecule is Cc1nnc(C(C)NCc2cccn2C)s1. The average molecular weight is 236 g/mol. The molecule has 0 fully saturated rings. The van der Waals surface area contributed by atoms with Crippen molar-refractivity contribution in [3.05, 3.63) is 34.0 Å². The molecule has 2 rings (SSSR count). The molecule has 2 aromatic rings. The van der Waals surface area contributed by atoms with Gasteiger partial charge in [0.1, 0.15) is 10.0 Å². The molecule has 0 aliphatic carbocycles. The normalized spacial score (nSPS) is 12.9. The second kappa shape index (κ2) is 4.76. The van der Waals surface area contributed by atoms with Crippen LogP contribution in [0.15, 0.2) is 18.3 Å². The van der Waals surface area contributed by atoms with E-state index in [0.29, 0.717) is 0 Å². The zero-order valence-electron chi connectivity index (χ0n) is 9.77. The molecule has 0 radical (unpaired) electrons. The van der Waals surface area contributed by atoms with E-state index in [2.05, 4.69) is 52.4 Å². The third-order valence-corrected chi connectivity index (χ3v) is 3.57. The maximum Gasteiger partial charge on any atom is 0.134 e. The molecule has 1 atom stereocenters. The van der Waals surface area contributed by atoms with Crippen LogP contribution in [0.1, 0.15) is 28.7 Å². The number of hydrogen-bond acceptors (Lipinski definition) is 4. The highest BCUT2D eigenvalue weighted by Crippen LogP contribution is 2.17. The molecule has 1 unspecified atom stereocenters. The molecule has 1 N–H and O–H groups in total. The molecular formula is C11H16N4S. The lowest BCUT2D eigenvalue weighted by Gasteiger charge is -2.10. The Balaban J connectivity index is 1.93. The van der Waals surface area contributed by atoms with Crippen LogP contribution in [0.2, 0.25) is 0 Å². The Bertz CT molecular complexity index is 460. The largest absolute Gasteiger partial charge is 0.353 e. The van der Waals surface area contributed by atoms with Gasteiger partial charge in [0, 0.05) is 25.5 Å². The predicted molar refractivity (Wildman–Crippen MR) is 65.3 cm³/mol. The van der Waals surface area contributed by atoms with Gasteiger partial charge < -0.3 is 9.88 Å². The predicted octanol–water partition coefficient (Wildman–Crippen LogP) is 2.04. The Labute approximate surface area is 99.3 Å². The maximum absolute atomic E-state index is 4.14. The van der Waals surface area contributed by atoms with Gasteiger partial charge in [-0.15, -0.1) is 21.5 Å². The summed E-state index contributed by atoms with van der Waals surface area (Å²) in [5, 5.41) is 13.7. The molecule has 4 nitrogen and oxygen atoms in total. The Morgan fingerprint density at radius 3 is 2.88 bits per heavy atom. The van der Waals surface area contributed by atoms with Crippen molar-refractivity contribution >= 4 is 11.3 Å². The van der Waals surface area contributed by atoms with Crippen molar-refractivity contribution in [1.82, 2.24) is 20.1 Å². The van der Waals surface area contributed by atoms with Crippen molar-refractivity contribution in [3.63, 3.8) is 0 Å². The number of nitrogens with zero attached hydrogens (tertiary/aromatic N) is 3.